The third-order valence-corrected chi connectivity index (χ3v) is 6.29. The summed E-state index contributed by atoms with van der Waals surface area (Å²) in [5.74, 6) is 0.557. The van der Waals surface area contributed by atoms with Crippen LogP contribution in [0, 0.1) is 0 Å². The second-order valence-electron chi connectivity index (χ2n) is 8.13. The highest BCUT2D eigenvalue weighted by molar-refractivity contribution is 6.31. The molecule has 5 nitrogen and oxygen atoms in total. The Labute approximate surface area is 189 Å². The molecule has 1 aliphatic rings. The first-order valence-electron chi connectivity index (χ1n) is 10.9. The Balaban J connectivity index is 1.73. The first kappa shape index (κ1) is 23.1. The van der Waals surface area contributed by atoms with Gasteiger partial charge in [-0.2, -0.15) is 0 Å². The molecule has 0 spiro atoms. The van der Waals surface area contributed by atoms with Gasteiger partial charge in [0.25, 0.3) is 0 Å². The Bertz CT molecular complexity index is 896. The van der Waals surface area contributed by atoms with E-state index < -0.39 is 6.04 Å². The zero-order valence-corrected chi connectivity index (χ0v) is 19.0. The fourth-order valence-electron chi connectivity index (χ4n) is 4.03. The minimum absolute atomic E-state index is 0.0724. The van der Waals surface area contributed by atoms with Crippen molar-refractivity contribution in [2.24, 2.45) is 0 Å². The average Bonchev–Trinajstić information content (AvgIpc) is 3.29. The summed E-state index contributed by atoms with van der Waals surface area (Å²) >= 11 is 6.26. The summed E-state index contributed by atoms with van der Waals surface area (Å²) in [7, 11) is 1.61. The van der Waals surface area contributed by atoms with Crippen molar-refractivity contribution in [1.82, 2.24) is 10.2 Å². The lowest BCUT2D eigenvalue weighted by Gasteiger charge is -2.30. The molecule has 2 aromatic rings. The van der Waals surface area contributed by atoms with Crippen molar-refractivity contribution >= 4 is 23.4 Å². The van der Waals surface area contributed by atoms with Crippen LogP contribution in [-0.4, -0.2) is 35.9 Å². The summed E-state index contributed by atoms with van der Waals surface area (Å²) in [4.78, 5) is 27.8. The average molecular weight is 443 g/mol. The molecule has 0 heterocycles. The van der Waals surface area contributed by atoms with Gasteiger partial charge in [-0.15, -0.1) is 0 Å². The monoisotopic (exact) mass is 442 g/mol. The van der Waals surface area contributed by atoms with E-state index in [1.54, 1.807) is 18.9 Å². The van der Waals surface area contributed by atoms with Crippen LogP contribution in [0.4, 0.5) is 0 Å². The second kappa shape index (κ2) is 11.2. The molecule has 166 valence electrons. The number of ether oxygens (including phenoxy) is 1. The van der Waals surface area contributed by atoms with E-state index in [2.05, 4.69) is 5.32 Å². The molecule has 0 aliphatic heterocycles. The largest absolute Gasteiger partial charge is 0.497 e. The molecule has 31 heavy (non-hydrogen) atoms. The molecule has 0 saturated heterocycles. The molecule has 0 unspecified atom stereocenters. The fourth-order valence-corrected chi connectivity index (χ4v) is 4.26. The van der Waals surface area contributed by atoms with Gasteiger partial charge in [0.2, 0.25) is 11.8 Å². The molecule has 1 aliphatic carbocycles. The number of hydrogen-bond acceptors (Lipinski definition) is 3. The van der Waals surface area contributed by atoms with Crippen molar-refractivity contribution < 1.29 is 14.3 Å². The van der Waals surface area contributed by atoms with Gasteiger partial charge in [-0.1, -0.05) is 54.8 Å². The quantitative estimate of drug-likeness (QED) is 0.609. The summed E-state index contributed by atoms with van der Waals surface area (Å²) in [6, 6.07) is 14.8. The highest BCUT2D eigenvalue weighted by Crippen LogP contribution is 2.21. The molecule has 2 amide bonds. The summed E-state index contributed by atoms with van der Waals surface area (Å²) in [5.41, 5.74) is 1.85. The van der Waals surface area contributed by atoms with Crippen LogP contribution in [0.1, 0.15) is 50.2 Å². The van der Waals surface area contributed by atoms with Crippen LogP contribution in [0.15, 0.2) is 48.5 Å². The van der Waals surface area contributed by atoms with E-state index in [1.165, 1.54) is 0 Å². The van der Waals surface area contributed by atoms with Crippen LogP contribution in [0.5, 0.6) is 5.75 Å². The highest BCUT2D eigenvalue weighted by atomic mass is 35.5. The molecule has 0 bridgehead atoms. The summed E-state index contributed by atoms with van der Waals surface area (Å²) in [5, 5.41) is 3.78. The van der Waals surface area contributed by atoms with Crippen LogP contribution in [0.25, 0.3) is 0 Å². The van der Waals surface area contributed by atoms with Crippen molar-refractivity contribution in [3.05, 3.63) is 64.7 Å². The summed E-state index contributed by atoms with van der Waals surface area (Å²) in [6.45, 7) is 2.15. The normalized spacial score (nSPS) is 14.8. The van der Waals surface area contributed by atoms with Crippen molar-refractivity contribution in [3.63, 3.8) is 0 Å². The predicted octanol–water partition coefficient (Wildman–Crippen LogP) is 4.76. The lowest BCUT2D eigenvalue weighted by atomic mass is 10.1. The number of carbonyl (C=O) groups is 2. The molecule has 1 N–H and O–H groups in total. The van der Waals surface area contributed by atoms with E-state index >= 15 is 0 Å². The summed E-state index contributed by atoms with van der Waals surface area (Å²) in [6.07, 6.45) is 5.12. The van der Waals surface area contributed by atoms with E-state index in [1.807, 2.05) is 48.5 Å². The number of nitrogens with one attached hydrogen (secondary N) is 1. The number of aryl methyl sites for hydroxylation is 1. The third-order valence-electron chi connectivity index (χ3n) is 5.92. The molecule has 6 heteroatoms. The number of rotatable bonds is 9. The number of methoxy groups -OCH3 is 1. The van der Waals surface area contributed by atoms with Gasteiger partial charge in [0, 0.05) is 24.0 Å². The van der Waals surface area contributed by atoms with Gasteiger partial charge in [0.15, 0.2) is 0 Å². The molecule has 1 atom stereocenters. The SMILES string of the molecule is COc1cccc(CN(C(=O)CCc2ccccc2Cl)[C@H](C)C(=O)NC2CCCC2)c1. The van der Waals surface area contributed by atoms with Crippen molar-refractivity contribution in [1.29, 1.82) is 0 Å². The molecule has 2 aromatic carbocycles. The molecule has 1 saturated carbocycles. The van der Waals surface area contributed by atoms with Crippen LogP contribution < -0.4 is 10.1 Å². The van der Waals surface area contributed by atoms with Crippen LogP contribution in [0.2, 0.25) is 5.02 Å². The molecule has 1 fully saturated rings. The van der Waals surface area contributed by atoms with Gasteiger partial charge >= 0.3 is 0 Å². The number of amides is 2. The van der Waals surface area contributed by atoms with E-state index in [9.17, 15) is 9.59 Å². The standard InChI is InChI=1S/C25H31ClN2O3/c1-18(25(30)27-21-10-4-5-11-21)28(17-19-8-7-12-22(16-19)31-2)24(29)15-14-20-9-3-6-13-23(20)26/h3,6-9,12-13,16,18,21H,4-5,10-11,14-15,17H2,1-2H3,(H,27,30)/t18-/m1/s1. The molecular formula is C25H31ClN2O3. The second-order valence-corrected chi connectivity index (χ2v) is 8.54. The van der Waals surface area contributed by atoms with Crippen LogP contribution in [0.3, 0.4) is 0 Å². The van der Waals surface area contributed by atoms with Gasteiger partial charge < -0.3 is 15.0 Å². The van der Waals surface area contributed by atoms with E-state index in [0.717, 1.165) is 42.6 Å². The smallest absolute Gasteiger partial charge is 0.242 e. The van der Waals surface area contributed by atoms with Gasteiger partial charge in [-0.3, -0.25) is 9.59 Å². The maximum absolute atomic E-state index is 13.2. The minimum Gasteiger partial charge on any atom is -0.497 e. The third kappa shape index (κ3) is 6.47. The number of nitrogens with zero attached hydrogens (tertiary/aromatic N) is 1. The van der Waals surface area contributed by atoms with Crippen molar-refractivity contribution in [2.75, 3.05) is 7.11 Å². The first-order chi connectivity index (χ1) is 15.0. The number of carbonyl (C=O) groups excluding carboxylic acids is 2. The van der Waals surface area contributed by atoms with Crippen molar-refractivity contribution in [3.8, 4) is 5.75 Å². The van der Waals surface area contributed by atoms with Crippen molar-refractivity contribution in [2.45, 2.75) is 64.1 Å². The van der Waals surface area contributed by atoms with Crippen LogP contribution >= 0.6 is 11.6 Å². The minimum atomic E-state index is -0.564. The molecule has 0 radical (unpaired) electrons. The maximum atomic E-state index is 13.2. The topological polar surface area (TPSA) is 58.6 Å². The zero-order chi connectivity index (χ0) is 22.2. The molecule has 0 aromatic heterocycles. The first-order valence-corrected chi connectivity index (χ1v) is 11.3. The molecule has 3 rings (SSSR count). The van der Waals surface area contributed by atoms with Crippen LogP contribution in [-0.2, 0) is 22.6 Å². The van der Waals surface area contributed by atoms with E-state index in [4.69, 9.17) is 16.3 Å². The maximum Gasteiger partial charge on any atom is 0.242 e. The van der Waals surface area contributed by atoms with Gasteiger partial charge in [0.05, 0.1) is 7.11 Å². The number of benzene rings is 2. The van der Waals surface area contributed by atoms with E-state index in [-0.39, 0.29) is 24.3 Å². The van der Waals surface area contributed by atoms with Gasteiger partial charge in [0.1, 0.15) is 11.8 Å². The lowest BCUT2D eigenvalue weighted by Crippen LogP contribution is -2.49. The van der Waals surface area contributed by atoms with E-state index in [0.29, 0.717) is 18.0 Å². The predicted molar refractivity (Wildman–Crippen MR) is 123 cm³/mol. The number of hydrogen-bond donors (Lipinski definition) is 1. The number of halogens is 1. The Morgan fingerprint density at radius 2 is 1.90 bits per heavy atom. The Hall–Kier alpha value is -2.53. The fraction of sp³-hybridized carbons (Fsp3) is 0.440. The highest BCUT2D eigenvalue weighted by Gasteiger charge is 2.28. The van der Waals surface area contributed by atoms with Gasteiger partial charge in [-0.25, -0.2) is 0 Å². The Kier molecular flexibility index (Phi) is 8.35. The lowest BCUT2D eigenvalue weighted by molar-refractivity contribution is -0.140. The molecular weight excluding hydrogens is 412 g/mol. The van der Waals surface area contributed by atoms with Gasteiger partial charge in [-0.05, 0) is 55.5 Å². The summed E-state index contributed by atoms with van der Waals surface area (Å²) < 4.78 is 5.31. The Morgan fingerprint density at radius 3 is 2.61 bits per heavy atom. The zero-order valence-electron chi connectivity index (χ0n) is 18.3. The Morgan fingerprint density at radius 1 is 1.16 bits per heavy atom.